The van der Waals surface area contributed by atoms with E-state index in [1.807, 2.05) is 0 Å². The number of likely N-dealkylation sites (tertiary alicyclic amines) is 1. The molecular weight excluding hydrogens is 196 g/mol. The molecule has 2 aliphatic heterocycles. The van der Waals surface area contributed by atoms with Crippen LogP contribution in [0.1, 0.15) is 19.3 Å². The van der Waals surface area contributed by atoms with E-state index >= 15 is 0 Å². The van der Waals surface area contributed by atoms with Crippen molar-refractivity contribution in [2.45, 2.75) is 19.3 Å². The maximum absolute atomic E-state index is 11.4. The van der Waals surface area contributed by atoms with Crippen LogP contribution in [0, 0.1) is 5.41 Å². The third kappa shape index (κ3) is 1.97. The van der Waals surface area contributed by atoms with E-state index < -0.39 is 6.61 Å². The van der Waals surface area contributed by atoms with Crippen LogP contribution in [0.2, 0.25) is 0 Å². The third-order valence-electron chi connectivity index (χ3n) is 3.35. The van der Waals surface area contributed by atoms with Crippen molar-refractivity contribution in [3.05, 3.63) is 0 Å². The topological polar surface area (TPSA) is 69.6 Å². The Morgan fingerprint density at radius 1 is 1.60 bits per heavy atom. The van der Waals surface area contributed by atoms with Crippen molar-refractivity contribution in [1.82, 2.24) is 10.2 Å². The van der Waals surface area contributed by atoms with Gasteiger partial charge in [-0.2, -0.15) is 0 Å². The maximum atomic E-state index is 11.4. The molecule has 0 aromatic carbocycles. The molecule has 2 rings (SSSR count). The Hall–Kier alpha value is -1.10. The molecule has 1 unspecified atom stereocenters. The van der Waals surface area contributed by atoms with Crippen molar-refractivity contribution < 1.29 is 14.7 Å². The lowest BCUT2D eigenvalue weighted by molar-refractivity contribution is -0.137. The highest BCUT2D eigenvalue weighted by atomic mass is 16.3. The second kappa shape index (κ2) is 3.81. The summed E-state index contributed by atoms with van der Waals surface area (Å²) in [5, 5.41) is 11.6. The molecule has 2 heterocycles. The molecule has 15 heavy (non-hydrogen) atoms. The van der Waals surface area contributed by atoms with Gasteiger partial charge >= 0.3 is 0 Å². The summed E-state index contributed by atoms with van der Waals surface area (Å²) >= 11 is 0. The molecule has 1 atom stereocenters. The summed E-state index contributed by atoms with van der Waals surface area (Å²) in [5.74, 6) is -0.151. The van der Waals surface area contributed by atoms with Gasteiger partial charge in [0.25, 0.3) is 0 Å². The van der Waals surface area contributed by atoms with Crippen LogP contribution in [-0.2, 0) is 9.59 Å². The van der Waals surface area contributed by atoms with Gasteiger partial charge < -0.3 is 15.3 Å². The number of nitrogens with one attached hydrogen (secondary N) is 1. The lowest BCUT2D eigenvalue weighted by Crippen LogP contribution is -2.47. The number of carbonyl (C=O) groups excluding carboxylic acids is 2. The van der Waals surface area contributed by atoms with Gasteiger partial charge in [-0.3, -0.25) is 9.59 Å². The Morgan fingerprint density at radius 2 is 2.40 bits per heavy atom. The first kappa shape index (κ1) is 10.4. The summed E-state index contributed by atoms with van der Waals surface area (Å²) in [6.45, 7) is 1.54. The molecule has 84 valence electrons. The molecule has 0 aliphatic carbocycles. The minimum atomic E-state index is -0.433. The van der Waals surface area contributed by atoms with Gasteiger partial charge in [-0.1, -0.05) is 0 Å². The van der Waals surface area contributed by atoms with Crippen molar-refractivity contribution in [1.29, 1.82) is 0 Å². The number of nitrogens with zero attached hydrogens (tertiary/aromatic N) is 1. The first-order valence-corrected chi connectivity index (χ1v) is 5.31. The highest BCUT2D eigenvalue weighted by molar-refractivity contribution is 5.80. The Bertz CT molecular complexity index is 292. The van der Waals surface area contributed by atoms with Gasteiger partial charge in [-0.05, 0) is 12.8 Å². The second-order valence-corrected chi connectivity index (χ2v) is 4.53. The Morgan fingerprint density at radius 3 is 3.00 bits per heavy atom. The van der Waals surface area contributed by atoms with Gasteiger partial charge in [0.2, 0.25) is 11.8 Å². The van der Waals surface area contributed by atoms with E-state index in [9.17, 15) is 9.59 Å². The van der Waals surface area contributed by atoms with Crippen LogP contribution in [0.15, 0.2) is 0 Å². The average Bonchev–Trinajstić information content (AvgIpc) is 2.59. The third-order valence-corrected chi connectivity index (χ3v) is 3.35. The van der Waals surface area contributed by atoms with Gasteiger partial charge in [0.05, 0.1) is 0 Å². The summed E-state index contributed by atoms with van der Waals surface area (Å²) in [6, 6.07) is 0. The zero-order valence-corrected chi connectivity index (χ0v) is 8.66. The van der Waals surface area contributed by atoms with Crippen molar-refractivity contribution in [3.8, 4) is 0 Å². The van der Waals surface area contributed by atoms with Crippen LogP contribution < -0.4 is 5.32 Å². The lowest BCUT2D eigenvalue weighted by Gasteiger charge is -2.39. The Labute approximate surface area is 88.4 Å². The van der Waals surface area contributed by atoms with E-state index in [0.717, 1.165) is 12.8 Å². The fourth-order valence-corrected chi connectivity index (χ4v) is 2.56. The standard InChI is InChI=1S/C10H16N2O3/c13-5-9(15)12-3-1-2-10(7-12)4-8(14)11-6-10/h13H,1-7H2,(H,11,14). The quantitative estimate of drug-likeness (QED) is 0.592. The molecule has 1 spiro atoms. The first-order valence-electron chi connectivity index (χ1n) is 5.31. The highest BCUT2D eigenvalue weighted by Crippen LogP contribution is 2.35. The molecule has 2 amide bonds. The van der Waals surface area contributed by atoms with Crippen LogP contribution in [-0.4, -0.2) is 48.1 Å². The molecule has 2 N–H and O–H groups in total. The summed E-state index contributed by atoms with van der Waals surface area (Å²) in [6.07, 6.45) is 2.42. The van der Waals surface area contributed by atoms with Gasteiger partial charge in [0.15, 0.2) is 0 Å². The van der Waals surface area contributed by atoms with Gasteiger partial charge in [0, 0.05) is 31.5 Å². The monoisotopic (exact) mass is 212 g/mol. The number of piperidine rings is 1. The maximum Gasteiger partial charge on any atom is 0.248 e. The summed E-state index contributed by atoms with van der Waals surface area (Å²) < 4.78 is 0. The van der Waals surface area contributed by atoms with Crippen LogP contribution in [0.3, 0.4) is 0 Å². The summed E-state index contributed by atoms with van der Waals surface area (Å²) in [4.78, 5) is 24.2. The minimum absolute atomic E-state index is 0.0693. The number of carbonyl (C=O) groups is 2. The van der Waals surface area contributed by atoms with E-state index in [2.05, 4.69) is 5.32 Å². The van der Waals surface area contributed by atoms with Crippen LogP contribution in [0.4, 0.5) is 0 Å². The molecule has 0 bridgehead atoms. The number of aliphatic hydroxyl groups is 1. The van der Waals surface area contributed by atoms with Crippen LogP contribution in [0.25, 0.3) is 0 Å². The fraction of sp³-hybridized carbons (Fsp3) is 0.800. The zero-order chi connectivity index (χ0) is 10.9. The van der Waals surface area contributed by atoms with Gasteiger partial charge in [-0.15, -0.1) is 0 Å². The molecule has 0 aromatic heterocycles. The van der Waals surface area contributed by atoms with E-state index in [0.29, 0.717) is 26.1 Å². The summed E-state index contributed by atoms with van der Waals surface area (Å²) in [5.41, 5.74) is -0.0693. The van der Waals surface area contributed by atoms with Crippen molar-refractivity contribution >= 4 is 11.8 Å². The minimum Gasteiger partial charge on any atom is -0.387 e. The average molecular weight is 212 g/mol. The molecule has 5 heteroatoms. The number of rotatable bonds is 1. The predicted octanol–water partition coefficient (Wildman–Crippen LogP) is -0.893. The van der Waals surface area contributed by atoms with E-state index in [4.69, 9.17) is 5.11 Å². The van der Waals surface area contributed by atoms with Gasteiger partial charge in [0.1, 0.15) is 6.61 Å². The SMILES string of the molecule is O=C1CC2(CCCN(C(=O)CO)C2)CN1. The van der Waals surface area contributed by atoms with E-state index in [1.54, 1.807) is 4.90 Å². The first-order chi connectivity index (χ1) is 7.15. The molecule has 5 nitrogen and oxygen atoms in total. The molecular formula is C10H16N2O3. The molecule has 2 fully saturated rings. The number of amides is 2. The molecule has 0 aromatic rings. The number of hydrogen-bond donors (Lipinski definition) is 2. The van der Waals surface area contributed by atoms with Crippen molar-refractivity contribution in [2.24, 2.45) is 5.41 Å². The summed E-state index contributed by atoms with van der Waals surface area (Å²) in [7, 11) is 0. The molecule has 2 aliphatic rings. The smallest absolute Gasteiger partial charge is 0.248 e. The lowest BCUT2D eigenvalue weighted by atomic mass is 9.79. The zero-order valence-electron chi connectivity index (χ0n) is 8.66. The number of aliphatic hydroxyl groups excluding tert-OH is 1. The normalized spacial score (nSPS) is 30.7. The van der Waals surface area contributed by atoms with Crippen LogP contribution in [0.5, 0.6) is 0 Å². The molecule has 0 radical (unpaired) electrons. The van der Waals surface area contributed by atoms with Crippen molar-refractivity contribution in [3.63, 3.8) is 0 Å². The molecule has 2 saturated heterocycles. The predicted molar refractivity (Wildman–Crippen MR) is 53.0 cm³/mol. The van der Waals surface area contributed by atoms with Gasteiger partial charge in [-0.25, -0.2) is 0 Å². The second-order valence-electron chi connectivity index (χ2n) is 4.53. The van der Waals surface area contributed by atoms with Crippen molar-refractivity contribution in [2.75, 3.05) is 26.2 Å². The van der Waals surface area contributed by atoms with E-state index in [-0.39, 0.29) is 17.2 Å². The highest BCUT2D eigenvalue weighted by Gasteiger charge is 2.42. The fourth-order valence-electron chi connectivity index (χ4n) is 2.56. The largest absolute Gasteiger partial charge is 0.387 e. The Kier molecular flexibility index (Phi) is 2.65. The Balaban J connectivity index is 2.04. The molecule has 0 saturated carbocycles. The van der Waals surface area contributed by atoms with E-state index in [1.165, 1.54) is 0 Å². The van der Waals surface area contributed by atoms with Crippen LogP contribution >= 0.6 is 0 Å². The number of hydrogen-bond acceptors (Lipinski definition) is 3.